The average molecular weight is 651 g/mol. The summed E-state index contributed by atoms with van der Waals surface area (Å²) in [6, 6.07) is 45.5. The number of hydrogen-bond donors (Lipinski definition) is 0. The number of imidazole rings is 1. The number of nitrogens with zero attached hydrogens (tertiary/aromatic N) is 3. The van der Waals surface area contributed by atoms with Gasteiger partial charge in [0, 0.05) is 21.9 Å². The van der Waals surface area contributed by atoms with Crippen molar-refractivity contribution in [1.29, 1.82) is 5.26 Å². The second kappa shape index (κ2) is 12.2. The van der Waals surface area contributed by atoms with Crippen LogP contribution in [0.2, 0.25) is 0 Å². The minimum absolute atomic E-state index is 0.256. The fourth-order valence-corrected chi connectivity index (χ4v) is 7.62. The van der Waals surface area contributed by atoms with E-state index in [9.17, 15) is 5.26 Å². The first-order chi connectivity index (χ1) is 24.3. The van der Waals surface area contributed by atoms with Crippen molar-refractivity contribution in [3.05, 3.63) is 144 Å². The standard InChI is InChI=1S/C46H40N3O/c1-28(2)38-25-35(33-22-20-32(21-23-33)31-13-8-7-9-14-31)26-39(29(3)4)43(38)49-41-18-11-10-17-40(41)48(6)46(49)42-30(5)19-24-37-36-16-12-15-34(27-47)44(36)50-45(37)42/h7-26,28-29H,1-6H3/q+1. The van der Waals surface area contributed by atoms with E-state index in [-0.39, 0.29) is 11.8 Å². The summed E-state index contributed by atoms with van der Waals surface area (Å²) in [4.78, 5) is 0. The molecule has 0 amide bonds. The largest absolute Gasteiger partial charge is 0.454 e. The van der Waals surface area contributed by atoms with Crippen LogP contribution in [0.25, 0.3) is 72.3 Å². The summed E-state index contributed by atoms with van der Waals surface area (Å²) in [5, 5.41) is 11.9. The zero-order valence-electron chi connectivity index (χ0n) is 29.5. The van der Waals surface area contributed by atoms with Gasteiger partial charge in [0.25, 0.3) is 5.82 Å². The maximum atomic E-state index is 9.95. The molecule has 8 rings (SSSR count). The van der Waals surface area contributed by atoms with Gasteiger partial charge in [0.05, 0.1) is 12.6 Å². The Labute approximate surface area is 293 Å². The second-order valence-electron chi connectivity index (χ2n) is 14.0. The molecule has 0 saturated heterocycles. The molecule has 0 bridgehead atoms. The molecule has 4 nitrogen and oxygen atoms in total. The quantitative estimate of drug-likeness (QED) is 0.168. The van der Waals surface area contributed by atoms with Gasteiger partial charge in [-0.3, -0.25) is 0 Å². The monoisotopic (exact) mass is 650 g/mol. The van der Waals surface area contributed by atoms with E-state index in [0.29, 0.717) is 11.1 Å². The first-order valence-electron chi connectivity index (χ1n) is 17.5. The molecular weight excluding hydrogens is 611 g/mol. The number of nitriles is 1. The van der Waals surface area contributed by atoms with Crippen LogP contribution in [0.5, 0.6) is 0 Å². The van der Waals surface area contributed by atoms with Crippen LogP contribution < -0.4 is 4.57 Å². The summed E-state index contributed by atoms with van der Waals surface area (Å²) < 4.78 is 11.5. The van der Waals surface area contributed by atoms with Gasteiger partial charge in [-0.25, -0.2) is 4.57 Å². The number of benzene rings is 6. The van der Waals surface area contributed by atoms with Crippen molar-refractivity contribution < 1.29 is 8.98 Å². The predicted octanol–water partition coefficient (Wildman–Crippen LogP) is 11.8. The van der Waals surface area contributed by atoms with Crippen LogP contribution in [0.15, 0.2) is 126 Å². The van der Waals surface area contributed by atoms with E-state index in [1.807, 2.05) is 12.1 Å². The Morgan fingerprint density at radius 3 is 1.90 bits per heavy atom. The van der Waals surface area contributed by atoms with Crippen LogP contribution in [0.3, 0.4) is 0 Å². The molecule has 0 aliphatic carbocycles. The Hall–Kier alpha value is -5.92. The summed E-state index contributed by atoms with van der Waals surface area (Å²) in [5.74, 6) is 1.56. The van der Waals surface area contributed by atoms with Crippen LogP contribution in [0.1, 0.15) is 61.8 Å². The van der Waals surface area contributed by atoms with Crippen LogP contribution in [-0.4, -0.2) is 4.57 Å². The molecule has 2 heterocycles. The number of furan rings is 1. The molecule has 244 valence electrons. The van der Waals surface area contributed by atoms with Crippen molar-refractivity contribution in [1.82, 2.24) is 4.57 Å². The highest BCUT2D eigenvalue weighted by Gasteiger charge is 2.34. The van der Waals surface area contributed by atoms with Crippen molar-refractivity contribution in [3.8, 4) is 45.4 Å². The zero-order valence-corrected chi connectivity index (χ0v) is 29.5. The second-order valence-corrected chi connectivity index (χ2v) is 14.0. The lowest BCUT2D eigenvalue weighted by Gasteiger charge is -2.21. The van der Waals surface area contributed by atoms with E-state index >= 15 is 0 Å². The van der Waals surface area contributed by atoms with Crippen molar-refractivity contribution in [2.24, 2.45) is 7.05 Å². The van der Waals surface area contributed by atoms with Gasteiger partial charge in [-0.15, -0.1) is 0 Å². The van der Waals surface area contributed by atoms with Gasteiger partial charge >= 0.3 is 0 Å². The number of aromatic nitrogens is 2. The summed E-state index contributed by atoms with van der Waals surface area (Å²) in [7, 11) is 2.16. The summed E-state index contributed by atoms with van der Waals surface area (Å²) in [6.07, 6.45) is 0. The molecule has 0 spiro atoms. The molecule has 4 heteroatoms. The first kappa shape index (κ1) is 31.4. The van der Waals surface area contributed by atoms with Crippen LogP contribution in [0.4, 0.5) is 0 Å². The van der Waals surface area contributed by atoms with Gasteiger partial charge in [-0.1, -0.05) is 119 Å². The molecule has 50 heavy (non-hydrogen) atoms. The lowest BCUT2D eigenvalue weighted by molar-refractivity contribution is -0.633. The minimum Gasteiger partial charge on any atom is -0.454 e. The molecular formula is C46H40N3O+. The van der Waals surface area contributed by atoms with Gasteiger partial charge in [0.15, 0.2) is 22.2 Å². The van der Waals surface area contributed by atoms with E-state index in [1.165, 1.54) is 39.1 Å². The number of rotatable bonds is 6. The average Bonchev–Trinajstić information content (AvgIpc) is 3.66. The van der Waals surface area contributed by atoms with Gasteiger partial charge < -0.3 is 4.42 Å². The van der Waals surface area contributed by atoms with E-state index in [4.69, 9.17) is 4.42 Å². The van der Waals surface area contributed by atoms with Crippen LogP contribution in [0, 0.1) is 18.3 Å². The van der Waals surface area contributed by atoms with Crippen molar-refractivity contribution in [2.75, 3.05) is 0 Å². The number of hydrogen-bond acceptors (Lipinski definition) is 2. The van der Waals surface area contributed by atoms with Gasteiger partial charge in [-0.05, 0) is 76.9 Å². The Balaban J connectivity index is 1.43. The van der Waals surface area contributed by atoms with Crippen molar-refractivity contribution in [3.63, 3.8) is 0 Å². The smallest absolute Gasteiger partial charge is 0.299 e. The Morgan fingerprint density at radius 2 is 1.24 bits per heavy atom. The molecule has 0 aliphatic heterocycles. The van der Waals surface area contributed by atoms with Crippen LogP contribution in [-0.2, 0) is 7.05 Å². The highest BCUT2D eigenvalue weighted by atomic mass is 16.3. The van der Waals surface area contributed by atoms with E-state index in [2.05, 4.69) is 166 Å². The van der Waals surface area contributed by atoms with E-state index in [0.717, 1.165) is 44.3 Å². The SMILES string of the molecule is Cc1ccc2c(oc3c(C#N)cccc32)c1-c1n(-c2c(C(C)C)cc(-c3ccc(-c4ccccc4)cc3)cc2C(C)C)c2ccccc2[n+]1C. The van der Waals surface area contributed by atoms with Crippen molar-refractivity contribution >= 4 is 33.0 Å². The molecule has 0 saturated carbocycles. The summed E-state index contributed by atoms with van der Waals surface area (Å²) >= 11 is 0. The molecule has 0 radical (unpaired) electrons. The maximum absolute atomic E-state index is 9.95. The molecule has 0 fully saturated rings. The summed E-state index contributed by atoms with van der Waals surface area (Å²) in [5.41, 5.74) is 15.1. The Morgan fingerprint density at radius 1 is 0.640 bits per heavy atom. The zero-order chi connectivity index (χ0) is 34.7. The Bertz CT molecular complexity index is 2580. The third-order valence-corrected chi connectivity index (χ3v) is 10.2. The number of aryl methyl sites for hydroxylation is 2. The minimum atomic E-state index is 0.256. The number of para-hydroxylation sites is 3. The van der Waals surface area contributed by atoms with E-state index < -0.39 is 0 Å². The van der Waals surface area contributed by atoms with E-state index in [1.54, 1.807) is 0 Å². The molecule has 8 aromatic rings. The van der Waals surface area contributed by atoms with Gasteiger partial charge in [-0.2, -0.15) is 9.83 Å². The molecule has 6 aromatic carbocycles. The highest BCUT2D eigenvalue weighted by Crippen LogP contribution is 2.43. The maximum Gasteiger partial charge on any atom is 0.299 e. The molecule has 0 atom stereocenters. The number of fused-ring (bicyclic) bond motifs is 4. The normalized spacial score (nSPS) is 11.7. The molecule has 0 N–H and O–H groups in total. The fraction of sp³-hybridized carbons (Fsp3) is 0.174. The summed E-state index contributed by atoms with van der Waals surface area (Å²) in [6.45, 7) is 11.3. The molecule has 2 aromatic heterocycles. The van der Waals surface area contributed by atoms with Gasteiger partial charge in [0.1, 0.15) is 17.3 Å². The predicted molar refractivity (Wildman–Crippen MR) is 206 cm³/mol. The van der Waals surface area contributed by atoms with Crippen LogP contribution >= 0.6 is 0 Å². The molecule has 0 unspecified atom stereocenters. The highest BCUT2D eigenvalue weighted by molar-refractivity contribution is 6.11. The Kier molecular flexibility index (Phi) is 7.65. The topological polar surface area (TPSA) is 45.7 Å². The van der Waals surface area contributed by atoms with Crippen molar-refractivity contribution in [2.45, 2.75) is 46.5 Å². The third-order valence-electron chi connectivity index (χ3n) is 10.2. The third kappa shape index (κ3) is 4.92. The fourth-order valence-electron chi connectivity index (χ4n) is 7.62. The lowest BCUT2D eigenvalue weighted by atomic mass is 9.87. The first-order valence-corrected chi connectivity index (χ1v) is 17.5. The lowest BCUT2D eigenvalue weighted by Crippen LogP contribution is -2.30. The molecule has 0 aliphatic rings. The van der Waals surface area contributed by atoms with Gasteiger partial charge in [0.2, 0.25) is 0 Å².